The number of nitrogens with two attached hydrogens (primary N) is 1. The number of carbonyl (C=O) groups excluding carboxylic acids is 1. The van der Waals surface area contributed by atoms with E-state index in [2.05, 4.69) is 22.5 Å². The molecule has 1 fully saturated rings. The zero-order chi connectivity index (χ0) is 17.6. The summed E-state index contributed by atoms with van der Waals surface area (Å²) < 4.78 is 0. The molecule has 2 aromatic rings. The van der Waals surface area contributed by atoms with Gasteiger partial charge in [0, 0.05) is 22.4 Å². The summed E-state index contributed by atoms with van der Waals surface area (Å²) in [4.78, 5) is 12.4. The van der Waals surface area contributed by atoms with E-state index in [1.807, 2.05) is 36.4 Å². The molecule has 0 saturated carbocycles. The number of amidine groups is 1. The van der Waals surface area contributed by atoms with Crippen molar-refractivity contribution in [2.45, 2.75) is 12.5 Å². The predicted molar refractivity (Wildman–Crippen MR) is 100 cm³/mol. The first-order valence-corrected chi connectivity index (χ1v) is 8.19. The van der Waals surface area contributed by atoms with Crippen molar-refractivity contribution in [3.8, 4) is 11.8 Å². The molecule has 0 bridgehead atoms. The lowest BCUT2D eigenvalue weighted by Gasteiger charge is -2.26. The number of ketones is 1. The number of nitrogen functional groups attached to an aromatic ring is 1. The van der Waals surface area contributed by atoms with Crippen molar-refractivity contribution in [2.75, 3.05) is 18.4 Å². The third-order valence-electron chi connectivity index (χ3n) is 4.13. The fourth-order valence-corrected chi connectivity index (χ4v) is 2.56. The van der Waals surface area contributed by atoms with Gasteiger partial charge in [-0.3, -0.25) is 10.2 Å². The summed E-state index contributed by atoms with van der Waals surface area (Å²) >= 11 is 0. The summed E-state index contributed by atoms with van der Waals surface area (Å²) in [6.07, 6.45) is 0.887. The summed E-state index contributed by atoms with van der Waals surface area (Å²) in [7, 11) is 0. The van der Waals surface area contributed by atoms with Gasteiger partial charge in [-0.1, -0.05) is 30.0 Å². The molecule has 25 heavy (non-hydrogen) atoms. The zero-order valence-electron chi connectivity index (χ0n) is 13.8. The van der Waals surface area contributed by atoms with Crippen molar-refractivity contribution in [3.05, 3.63) is 65.2 Å². The molecule has 0 aliphatic carbocycles. The lowest BCUT2D eigenvalue weighted by Crippen LogP contribution is -2.48. The van der Waals surface area contributed by atoms with Gasteiger partial charge in [0.1, 0.15) is 5.84 Å². The normalized spacial score (nSPS) is 15.4. The summed E-state index contributed by atoms with van der Waals surface area (Å²) in [6, 6.07) is 14.7. The van der Waals surface area contributed by atoms with Crippen molar-refractivity contribution in [3.63, 3.8) is 0 Å². The number of benzene rings is 2. The van der Waals surface area contributed by atoms with Gasteiger partial charge in [-0.2, -0.15) is 0 Å². The van der Waals surface area contributed by atoms with Crippen LogP contribution in [0.15, 0.2) is 48.5 Å². The highest BCUT2D eigenvalue weighted by Gasteiger charge is 2.26. The Bertz CT molecular complexity index is 842. The first kappa shape index (κ1) is 16.7. The molecule has 0 amide bonds. The van der Waals surface area contributed by atoms with Crippen LogP contribution in [0.25, 0.3) is 0 Å². The summed E-state index contributed by atoms with van der Waals surface area (Å²) in [5.41, 5.74) is 8.46. The molecular weight excluding hydrogens is 312 g/mol. The standard InChI is InChI=1S/C20H20N4O/c21-20(22)15-7-9-16(10-8-15)23-12-3-5-14-4-1-2-6-17(14)19(25)18-11-13-24-18/h1-2,4,6-10,18,23-24H,11-13H2,(H3,21,22). The van der Waals surface area contributed by atoms with Crippen LogP contribution in [0.2, 0.25) is 0 Å². The van der Waals surface area contributed by atoms with Gasteiger partial charge in [0.15, 0.2) is 5.78 Å². The van der Waals surface area contributed by atoms with E-state index in [0.29, 0.717) is 17.7 Å². The molecule has 1 aliphatic rings. The van der Waals surface area contributed by atoms with Crippen LogP contribution in [0.3, 0.4) is 0 Å². The maximum Gasteiger partial charge on any atom is 0.181 e. The Morgan fingerprint density at radius 1 is 1.24 bits per heavy atom. The average Bonchev–Trinajstić information content (AvgIpc) is 2.58. The summed E-state index contributed by atoms with van der Waals surface area (Å²) in [5.74, 6) is 6.30. The van der Waals surface area contributed by atoms with Gasteiger partial charge in [-0.05, 0) is 43.3 Å². The Morgan fingerprint density at radius 3 is 2.60 bits per heavy atom. The first-order valence-electron chi connectivity index (χ1n) is 8.19. The van der Waals surface area contributed by atoms with E-state index in [9.17, 15) is 4.79 Å². The number of anilines is 1. The zero-order valence-corrected chi connectivity index (χ0v) is 13.8. The molecular formula is C20H20N4O. The van der Waals surface area contributed by atoms with Gasteiger partial charge in [0.2, 0.25) is 0 Å². The molecule has 1 saturated heterocycles. The lowest BCUT2D eigenvalue weighted by atomic mass is 9.93. The molecule has 0 radical (unpaired) electrons. The van der Waals surface area contributed by atoms with E-state index in [1.165, 1.54) is 0 Å². The second kappa shape index (κ2) is 7.65. The average molecular weight is 332 g/mol. The number of carbonyl (C=O) groups is 1. The minimum Gasteiger partial charge on any atom is -0.384 e. The van der Waals surface area contributed by atoms with E-state index in [-0.39, 0.29) is 17.7 Å². The molecule has 5 nitrogen and oxygen atoms in total. The number of nitrogens with one attached hydrogen (secondary N) is 3. The third-order valence-corrected chi connectivity index (χ3v) is 4.13. The van der Waals surface area contributed by atoms with Gasteiger partial charge in [0.05, 0.1) is 12.6 Å². The first-order chi connectivity index (χ1) is 12.1. The summed E-state index contributed by atoms with van der Waals surface area (Å²) in [6.45, 7) is 1.36. The van der Waals surface area contributed by atoms with Crippen molar-refractivity contribution < 1.29 is 4.79 Å². The highest BCUT2D eigenvalue weighted by Crippen LogP contribution is 2.15. The van der Waals surface area contributed by atoms with Crippen LogP contribution >= 0.6 is 0 Å². The Kier molecular flexibility index (Phi) is 5.12. The van der Waals surface area contributed by atoms with E-state index in [0.717, 1.165) is 24.2 Å². The van der Waals surface area contributed by atoms with E-state index in [1.54, 1.807) is 12.1 Å². The van der Waals surface area contributed by atoms with Crippen molar-refractivity contribution >= 4 is 17.3 Å². The van der Waals surface area contributed by atoms with Gasteiger partial charge >= 0.3 is 0 Å². The van der Waals surface area contributed by atoms with Crippen LogP contribution in [0.4, 0.5) is 5.69 Å². The Labute approximate surface area is 147 Å². The van der Waals surface area contributed by atoms with Crippen LogP contribution in [-0.2, 0) is 0 Å². The highest BCUT2D eigenvalue weighted by molar-refractivity contribution is 6.02. The van der Waals surface area contributed by atoms with Crippen LogP contribution in [0, 0.1) is 17.3 Å². The molecule has 1 unspecified atom stereocenters. The SMILES string of the molecule is N=C(N)c1ccc(NCC#Cc2ccccc2C(=O)C2CCN2)cc1. The van der Waals surface area contributed by atoms with Crippen LogP contribution in [0.1, 0.15) is 27.9 Å². The van der Waals surface area contributed by atoms with Crippen LogP contribution in [-0.4, -0.2) is 30.8 Å². The van der Waals surface area contributed by atoms with Gasteiger partial charge in [0.25, 0.3) is 0 Å². The largest absolute Gasteiger partial charge is 0.384 e. The molecule has 3 rings (SSSR count). The molecule has 2 aromatic carbocycles. The lowest BCUT2D eigenvalue weighted by molar-refractivity contribution is 0.0904. The quantitative estimate of drug-likeness (QED) is 0.292. The minimum absolute atomic E-state index is 0.0496. The van der Waals surface area contributed by atoms with E-state index >= 15 is 0 Å². The summed E-state index contributed by atoms with van der Waals surface area (Å²) in [5, 5.41) is 13.7. The molecule has 126 valence electrons. The second-order valence-corrected chi connectivity index (χ2v) is 5.85. The molecule has 0 spiro atoms. The predicted octanol–water partition coefficient (Wildman–Crippen LogP) is 1.98. The van der Waals surface area contributed by atoms with Crippen LogP contribution < -0.4 is 16.4 Å². The number of hydrogen-bond donors (Lipinski definition) is 4. The monoisotopic (exact) mass is 332 g/mol. The Morgan fingerprint density at radius 2 is 1.96 bits per heavy atom. The Hall–Kier alpha value is -3.10. The molecule has 5 heteroatoms. The van der Waals surface area contributed by atoms with Crippen LogP contribution in [0.5, 0.6) is 0 Å². The molecule has 0 aromatic heterocycles. The number of Topliss-reactive ketones (excluding diaryl/α,β-unsaturated/α-hetero) is 1. The third kappa shape index (κ3) is 4.06. The highest BCUT2D eigenvalue weighted by atomic mass is 16.1. The van der Waals surface area contributed by atoms with E-state index in [4.69, 9.17) is 11.1 Å². The fraction of sp³-hybridized carbons (Fsp3) is 0.200. The maximum absolute atomic E-state index is 12.4. The Balaban J connectivity index is 1.63. The second-order valence-electron chi connectivity index (χ2n) is 5.85. The fourth-order valence-electron chi connectivity index (χ4n) is 2.56. The van der Waals surface area contributed by atoms with E-state index < -0.39 is 0 Å². The van der Waals surface area contributed by atoms with Crippen molar-refractivity contribution in [1.29, 1.82) is 5.41 Å². The molecule has 5 N–H and O–H groups in total. The number of hydrogen-bond acceptors (Lipinski definition) is 4. The van der Waals surface area contributed by atoms with Gasteiger partial charge in [-0.15, -0.1) is 0 Å². The number of rotatable bonds is 5. The molecule has 1 heterocycles. The molecule has 1 atom stereocenters. The van der Waals surface area contributed by atoms with Crippen molar-refractivity contribution in [2.24, 2.45) is 5.73 Å². The van der Waals surface area contributed by atoms with Gasteiger partial charge < -0.3 is 16.4 Å². The molecule has 1 aliphatic heterocycles. The smallest absolute Gasteiger partial charge is 0.181 e. The maximum atomic E-state index is 12.4. The minimum atomic E-state index is -0.0686. The van der Waals surface area contributed by atoms with Gasteiger partial charge in [-0.25, -0.2) is 0 Å². The topological polar surface area (TPSA) is 91.0 Å². The van der Waals surface area contributed by atoms with Crippen molar-refractivity contribution in [1.82, 2.24) is 5.32 Å².